The molecule has 1 aliphatic rings. The number of urea groups is 1. The summed E-state index contributed by atoms with van der Waals surface area (Å²) in [7, 11) is 2.94. The number of carbonyl (C=O) groups is 3. The summed E-state index contributed by atoms with van der Waals surface area (Å²) in [6.45, 7) is 2.55. The van der Waals surface area contributed by atoms with Crippen LogP contribution in [0.25, 0.3) is 6.08 Å². The maximum Gasteiger partial charge on any atom is 0.331 e. The molecule has 9 nitrogen and oxygen atoms in total. The Kier molecular flexibility index (Phi) is 9.75. The first-order valence-electron chi connectivity index (χ1n) is 12.7. The zero-order chi connectivity index (χ0) is 29.5. The Morgan fingerprint density at radius 3 is 2.34 bits per heavy atom. The Hall–Kier alpha value is -4.21. The lowest BCUT2D eigenvalue weighted by Crippen LogP contribution is -2.53. The number of hydrogen-bond acceptors (Lipinski definition) is 7. The summed E-state index contributed by atoms with van der Waals surface area (Å²) < 4.78 is 22.4. The van der Waals surface area contributed by atoms with Crippen molar-refractivity contribution in [1.82, 2.24) is 10.2 Å². The van der Waals surface area contributed by atoms with Gasteiger partial charge in [-0.2, -0.15) is 0 Å². The molecule has 0 radical (unpaired) electrons. The molecular weight excluding hydrogens is 571 g/mol. The Morgan fingerprint density at radius 2 is 1.63 bits per heavy atom. The van der Waals surface area contributed by atoms with Crippen LogP contribution in [0, 0.1) is 0 Å². The van der Waals surface area contributed by atoms with Crippen LogP contribution in [0.4, 0.5) is 4.79 Å². The molecule has 1 heterocycles. The van der Waals surface area contributed by atoms with Crippen LogP contribution in [-0.2, 0) is 22.7 Å². The third kappa shape index (κ3) is 6.93. The predicted octanol–water partition coefficient (Wildman–Crippen LogP) is 6.04. The summed E-state index contributed by atoms with van der Waals surface area (Å²) in [6.07, 6.45) is 2.16. The molecule has 0 bridgehead atoms. The van der Waals surface area contributed by atoms with E-state index in [9.17, 15) is 14.4 Å². The van der Waals surface area contributed by atoms with Gasteiger partial charge in [-0.3, -0.25) is 19.8 Å². The third-order valence-corrected chi connectivity index (χ3v) is 6.76. The summed E-state index contributed by atoms with van der Waals surface area (Å²) in [5, 5.41) is 2.96. The van der Waals surface area contributed by atoms with Crippen LogP contribution in [-0.4, -0.2) is 43.6 Å². The Morgan fingerprint density at radius 1 is 0.878 bits per heavy atom. The number of barbiturate groups is 1. The minimum Gasteiger partial charge on any atom is -0.493 e. The number of nitrogens with zero attached hydrogens (tertiary/aromatic N) is 1. The van der Waals surface area contributed by atoms with Gasteiger partial charge in [0.15, 0.2) is 23.0 Å². The van der Waals surface area contributed by atoms with Crippen molar-refractivity contribution in [2.75, 3.05) is 20.8 Å². The number of ether oxygens (including phenoxy) is 4. The highest BCUT2D eigenvalue weighted by atomic mass is 35.5. The quantitative estimate of drug-likeness (QED) is 0.212. The number of rotatable bonds is 11. The summed E-state index contributed by atoms with van der Waals surface area (Å²) in [5.41, 5.74) is 1.51. The van der Waals surface area contributed by atoms with Gasteiger partial charge in [0.2, 0.25) is 0 Å². The highest BCUT2D eigenvalue weighted by molar-refractivity contribution is 6.33. The molecule has 0 saturated carbocycles. The van der Waals surface area contributed by atoms with E-state index in [-0.39, 0.29) is 35.2 Å². The highest BCUT2D eigenvalue weighted by Gasteiger charge is 2.36. The second-order valence-corrected chi connectivity index (χ2v) is 9.77. The normalized spacial score (nSPS) is 14.2. The van der Waals surface area contributed by atoms with Crippen molar-refractivity contribution < 1.29 is 33.3 Å². The number of hydrogen-bond donors (Lipinski definition) is 1. The van der Waals surface area contributed by atoms with Crippen LogP contribution >= 0.6 is 23.2 Å². The largest absolute Gasteiger partial charge is 0.493 e. The molecule has 4 amide bonds. The molecule has 3 aromatic carbocycles. The fourth-order valence-electron chi connectivity index (χ4n) is 4.06. The molecule has 1 N–H and O–H groups in total. The van der Waals surface area contributed by atoms with E-state index >= 15 is 0 Å². The summed E-state index contributed by atoms with van der Waals surface area (Å²) >= 11 is 12.7. The minimum atomic E-state index is -0.832. The van der Waals surface area contributed by atoms with Gasteiger partial charge in [-0.15, -0.1) is 0 Å². The first kappa shape index (κ1) is 29.8. The van der Waals surface area contributed by atoms with Gasteiger partial charge in [-0.05, 0) is 54.0 Å². The van der Waals surface area contributed by atoms with Gasteiger partial charge in [0, 0.05) is 10.6 Å². The molecule has 3 aromatic rings. The number of imide groups is 2. The minimum absolute atomic E-state index is 0.0986. The molecule has 0 aromatic heterocycles. The van der Waals surface area contributed by atoms with Gasteiger partial charge in [0.25, 0.3) is 11.8 Å². The van der Waals surface area contributed by atoms with Crippen molar-refractivity contribution in [3.63, 3.8) is 0 Å². The van der Waals surface area contributed by atoms with E-state index in [2.05, 4.69) is 5.32 Å². The van der Waals surface area contributed by atoms with E-state index in [1.165, 1.54) is 26.4 Å². The molecule has 214 valence electrons. The van der Waals surface area contributed by atoms with Crippen LogP contribution in [0.1, 0.15) is 30.0 Å². The number of methoxy groups -OCH3 is 2. The van der Waals surface area contributed by atoms with Crippen LogP contribution < -0.4 is 24.3 Å². The van der Waals surface area contributed by atoms with Crippen molar-refractivity contribution in [3.8, 4) is 23.0 Å². The van der Waals surface area contributed by atoms with E-state index in [0.29, 0.717) is 34.3 Å². The van der Waals surface area contributed by atoms with Crippen molar-refractivity contribution in [2.24, 2.45) is 0 Å². The molecule has 1 aliphatic heterocycles. The third-order valence-electron chi connectivity index (χ3n) is 6.11. The summed E-state index contributed by atoms with van der Waals surface area (Å²) in [4.78, 5) is 39.6. The first-order chi connectivity index (χ1) is 19.7. The Bertz CT molecular complexity index is 1510. The van der Waals surface area contributed by atoms with E-state index in [1.807, 2.05) is 25.1 Å². The Labute approximate surface area is 247 Å². The topological polar surface area (TPSA) is 103 Å². The van der Waals surface area contributed by atoms with Gasteiger partial charge in [-0.1, -0.05) is 54.4 Å². The lowest BCUT2D eigenvalue weighted by Gasteiger charge is -2.26. The van der Waals surface area contributed by atoms with Gasteiger partial charge in [0.1, 0.15) is 12.2 Å². The van der Waals surface area contributed by atoms with Crippen LogP contribution in [0.5, 0.6) is 23.0 Å². The number of carbonyl (C=O) groups excluding carboxylic acids is 3. The molecule has 1 saturated heterocycles. The average molecular weight is 599 g/mol. The van der Waals surface area contributed by atoms with E-state index in [4.69, 9.17) is 42.1 Å². The van der Waals surface area contributed by atoms with Gasteiger partial charge in [0.05, 0.1) is 32.4 Å². The molecule has 0 atom stereocenters. The van der Waals surface area contributed by atoms with E-state index in [0.717, 1.165) is 16.9 Å². The molecule has 0 spiro atoms. The average Bonchev–Trinajstić information content (AvgIpc) is 2.96. The monoisotopic (exact) mass is 598 g/mol. The zero-order valence-corrected chi connectivity index (χ0v) is 24.2. The maximum atomic E-state index is 13.3. The molecule has 0 aliphatic carbocycles. The molecule has 0 unspecified atom stereocenters. The van der Waals surface area contributed by atoms with Gasteiger partial charge < -0.3 is 18.9 Å². The smallest absolute Gasteiger partial charge is 0.331 e. The maximum absolute atomic E-state index is 13.3. The molecule has 4 rings (SSSR count). The fraction of sp³-hybridized carbons (Fsp3) is 0.233. The molecule has 11 heteroatoms. The predicted molar refractivity (Wildman–Crippen MR) is 155 cm³/mol. The van der Waals surface area contributed by atoms with Crippen LogP contribution in [0.15, 0.2) is 60.2 Å². The number of amides is 4. The van der Waals surface area contributed by atoms with Crippen molar-refractivity contribution >= 4 is 47.1 Å². The van der Waals surface area contributed by atoms with Crippen molar-refractivity contribution in [1.29, 1.82) is 0 Å². The number of nitrogens with one attached hydrogen (secondary N) is 1. The lowest BCUT2D eigenvalue weighted by molar-refractivity contribution is -0.130. The van der Waals surface area contributed by atoms with E-state index in [1.54, 1.807) is 30.3 Å². The SMILES string of the molecule is CCCOc1ccc(CN2C(=O)NC(=O)/C(=C\c3cc(Cl)c(OCc4ccccc4Cl)c(OC)c3)C2=O)cc1OC. The lowest BCUT2D eigenvalue weighted by atomic mass is 10.1. The summed E-state index contributed by atoms with van der Waals surface area (Å²) in [5.74, 6) is -0.0256. The zero-order valence-electron chi connectivity index (χ0n) is 22.7. The molecule has 1 fully saturated rings. The second kappa shape index (κ2) is 13.4. The number of benzene rings is 3. The number of halogens is 2. The second-order valence-electron chi connectivity index (χ2n) is 8.96. The highest BCUT2D eigenvalue weighted by Crippen LogP contribution is 2.38. The van der Waals surface area contributed by atoms with Gasteiger partial charge >= 0.3 is 6.03 Å². The van der Waals surface area contributed by atoms with Gasteiger partial charge in [-0.25, -0.2) is 4.79 Å². The molecule has 41 heavy (non-hydrogen) atoms. The van der Waals surface area contributed by atoms with E-state index < -0.39 is 17.8 Å². The first-order valence-corrected chi connectivity index (χ1v) is 13.4. The van der Waals surface area contributed by atoms with Crippen LogP contribution in [0.3, 0.4) is 0 Å². The van der Waals surface area contributed by atoms with Crippen LogP contribution in [0.2, 0.25) is 10.0 Å². The van der Waals surface area contributed by atoms with Crippen molar-refractivity contribution in [2.45, 2.75) is 26.5 Å². The fourth-order valence-corrected chi connectivity index (χ4v) is 4.52. The summed E-state index contributed by atoms with van der Waals surface area (Å²) in [6, 6.07) is 14.6. The Balaban J connectivity index is 1.57. The van der Waals surface area contributed by atoms with Crippen molar-refractivity contribution in [3.05, 3.63) is 86.9 Å². The standard InChI is InChI=1S/C30H28Cl2N2O7/c1-4-11-40-24-10-9-18(14-25(24)38-2)16-34-29(36)21(28(35)33-30(34)37)12-19-13-23(32)27(26(15-19)39-3)41-17-20-7-5-6-8-22(20)31/h5-10,12-15H,4,11,16-17H2,1-3H3,(H,33,35,37)/b21-12+. The molecular formula is C30H28Cl2N2O7.